The van der Waals surface area contributed by atoms with E-state index in [0.29, 0.717) is 11.3 Å². The van der Waals surface area contributed by atoms with Gasteiger partial charge in [0.15, 0.2) is 0 Å². The minimum Gasteiger partial charge on any atom is -0.392 e. The highest BCUT2D eigenvalue weighted by Gasteiger charge is 2.00. The molecule has 0 fully saturated rings. The molecule has 2 aromatic rings. The fourth-order valence-electron chi connectivity index (χ4n) is 1.20. The van der Waals surface area contributed by atoms with E-state index >= 15 is 0 Å². The number of halogens is 1. The molecule has 0 saturated carbocycles. The van der Waals surface area contributed by atoms with Gasteiger partial charge in [0.05, 0.1) is 18.5 Å². The maximum atomic E-state index is 12.9. The Balaban J connectivity index is 2.39. The molecule has 0 bridgehead atoms. The molecule has 72 valence electrons. The average Bonchev–Trinajstić information content (AvgIpc) is 2.66. The molecule has 0 amide bonds. The first-order valence-electron chi connectivity index (χ1n) is 4.20. The molecule has 0 saturated heterocycles. The summed E-state index contributed by atoms with van der Waals surface area (Å²) in [6, 6.07) is 6.12. The Hall–Kier alpha value is -1.68. The van der Waals surface area contributed by atoms with E-state index in [-0.39, 0.29) is 12.4 Å². The molecule has 1 aromatic carbocycles. The second kappa shape index (κ2) is 3.59. The second-order valence-corrected chi connectivity index (χ2v) is 2.93. The third-order valence-electron chi connectivity index (χ3n) is 1.89. The van der Waals surface area contributed by atoms with Crippen molar-refractivity contribution in [2.45, 2.75) is 6.61 Å². The van der Waals surface area contributed by atoms with E-state index < -0.39 is 0 Å². The van der Waals surface area contributed by atoms with Crippen molar-refractivity contribution >= 4 is 0 Å². The van der Waals surface area contributed by atoms with Crippen molar-refractivity contribution < 1.29 is 9.50 Å². The van der Waals surface area contributed by atoms with Gasteiger partial charge in [-0.3, -0.25) is 0 Å². The highest BCUT2D eigenvalue weighted by atomic mass is 19.1. The molecular weight excluding hydrogens is 183 g/mol. The van der Waals surface area contributed by atoms with Crippen LogP contribution in [0.4, 0.5) is 4.39 Å². The van der Waals surface area contributed by atoms with Gasteiger partial charge in [-0.15, -0.1) is 0 Å². The lowest BCUT2D eigenvalue weighted by Gasteiger charge is -1.99. The van der Waals surface area contributed by atoms with Gasteiger partial charge >= 0.3 is 0 Å². The van der Waals surface area contributed by atoms with E-state index in [9.17, 15) is 4.39 Å². The van der Waals surface area contributed by atoms with Crippen molar-refractivity contribution in [1.29, 1.82) is 0 Å². The average molecular weight is 192 g/mol. The molecule has 0 unspecified atom stereocenters. The summed E-state index contributed by atoms with van der Waals surface area (Å²) in [6.07, 6.45) is 3.21. The summed E-state index contributed by atoms with van der Waals surface area (Å²) < 4.78 is 14.4. The molecule has 2 rings (SSSR count). The number of hydrogen-bond donors (Lipinski definition) is 1. The molecule has 4 heteroatoms. The lowest BCUT2D eigenvalue weighted by Crippen LogP contribution is -1.94. The molecule has 0 spiro atoms. The van der Waals surface area contributed by atoms with E-state index in [0.717, 1.165) is 0 Å². The van der Waals surface area contributed by atoms with Crippen LogP contribution in [0.5, 0.6) is 0 Å². The summed E-state index contributed by atoms with van der Waals surface area (Å²) in [5.41, 5.74) is 1.35. The van der Waals surface area contributed by atoms with Gasteiger partial charge in [0.2, 0.25) is 0 Å². The van der Waals surface area contributed by atoms with E-state index in [2.05, 4.69) is 5.10 Å². The first-order chi connectivity index (χ1) is 6.79. The Kier molecular flexibility index (Phi) is 2.28. The third-order valence-corrected chi connectivity index (χ3v) is 1.89. The molecular formula is C10H9FN2O. The van der Waals surface area contributed by atoms with Crippen molar-refractivity contribution in [1.82, 2.24) is 9.78 Å². The Morgan fingerprint density at radius 3 is 2.93 bits per heavy atom. The zero-order valence-corrected chi connectivity index (χ0v) is 7.39. The fourth-order valence-corrected chi connectivity index (χ4v) is 1.20. The van der Waals surface area contributed by atoms with Crippen molar-refractivity contribution in [3.8, 4) is 5.69 Å². The normalized spacial score (nSPS) is 10.4. The summed E-state index contributed by atoms with van der Waals surface area (Å²) in [7, 11) is 0. The van der Waals surface area contributed by atoms with Crippen LogP contribution in [0.3, 0.4) is 0 Å². The summed E-state index contributed by atoms with van der Waals surface area (Å²) in [5, 5.41) is 12.8. The summed E-state index contributed by atoms with van der Waals surface area (Å²) in [4.78, 5) is 0. The number of aliphatic hydroxyl groups is 1. The van der Waals surface area contributed by atoms with Crippen LogP contribution in [0, 0.1) is 5.82 Å². The highest BCUT2D eigenvalue weighted by Crippen LogP contribution is 2.09. The summed E-state index contributed by atoms with van der Waals surface area (Å²) in [5.74, 6) is -0.302. The van der Waals surface area contributed by atoms with Gasteiger partial charge in [-0.05, 0) is 18.2 Å². The van der Waals surface area contributed by atoms with Crippen molar-refractivity contribution in [2.75, 3.05) is 0 Å². The lowest BCUT2D eigenvalue weighted by molar-refractivity contribution is 0.282. The van der Waals surface area contributed by atoms with Crippen LogP contribution in [0.2, 0.25) is 0 Å². The molecule has 0 radical (unpaired) electrons. The van der Waals surface area contributed by atoms with Crippen LogP contribution < -0.4 is 0 Å². The van der Waals surface area contributed by atoms with E-state index in [1.54, 1.807) is 24.5 Å². The first kappa shape index (κ1) is 8.90. The SMILES string of the molecule is OCc1cnn(-c2cccc(F)c2)c1. The molecule has 1 heterocycles. The summed E-state index contributed by atoms with van der Waals surface area (Å²) in [6.45, 7) is -0.0602. The van der Waals surface area contributed by atoms with Gasteiger partial charge in [-0.2, -0.15) is 5.10 Å². The molecule has 0 aliphatic carbocycles. The van der Waals surface area contributed by atoms with Gasteiger partial charge in [0, 0.05) is 11.8 Å². The first-order valence-corrected chi connectivity index (χ1v) is 4.20. The maximum absolute atomic E-state index is 12.9. The second-order valence-electron chi connectivity index (χ2n) is 2.93. The minimum absolute atomic E-state index is 0.0602. The number of hydrogen-bond acceptors (Lipinski definition) is 2. The topological polar surface area (TPSA) is 38.1 Å². The lowest BCUT2D eigenvalue weighted by atomic mass is 10.3. The minimum atomic E-state index is -0.302. The van der Waals surface area contributed by atoms with Crippen LogP contribution in [-0.4, -0.2) is 14.9 Å². The number of rotatable bonds is 2. The van der Waals surface area contributed by atoms with Gasteiger partial charge in [0.25, 0.3) is 0 Å². The highest BCUT2D eigenvalue weighted by molar-refractivity contribution is 5.31. The monoisotopic (exact) mass is 192 g/mol. The molecule has 0 aliphatic heterocycles. The zero-order valence-electron chi connectivity index (χ0n) is 7.39. The van der Waals surface area contributed by atoms with Crippen molar-refractivity contribution in [3.05, 3.63) is 48.0 Å². The molecule has 1 aromatic heterocycles. The number of aliphatic hydroxyl groups excluding tert-OH is 1. The van der Waals surface area contributed by atoms with E-state index in [1.165, 1.54) is 16.8 Å². The number of nitrogens with zero attached hydrogens (tertiary/aromatic N) is 2. The Bertz CT molecular complexity index is 439. The van der Waals surface area contributed by atoms with Gasteiger partial charge in [0.1, 0.15) is 5.82 Å². The fraction of sp³-hybridized carbons (Fsp3) is 0.100. The van der Waals surface area contributed by atoms with Crippen molar-refractivity contribution in [2.24, 2.45) is 0 Å². The third kappa shape index (κ3) is 1.65. The summed E-state index contributed by atoms with van der Waals surface area (Å²) >= 11 is 0. The van der Waals surface area contributed by atoms with Gasteiger partial charge in [-0.1, -0.05) is 6.07 Å². The van der Waals surface area contributed by atoms with Crippen LogP contribution >= 0.6 is 0 Å². The smallest absolute Gasteiger partial charge is 0.125 e. The van der Waals surface area contributed by atoms with Crippen molar-refractivity contribution in [3.63, 3.8) is 0 Å². The Morgan fingerprint density at radius 1 is 1.43 bits per heavy atom. The molecule has 3 nitrogen and oxygen atoms in total. The molecule has 0 aliphatic rings. The van der Waals surface area contributed by atoms with Gasteiger partial charge in [-0.25, -0.2) is 9.07 Å². The largest absolute Gasteiger partial charge is 0.392 e. The van der Waals surface area contributed by atoms with E-state index in [4.69, 9.17) is 5.11 Å². The van der Waals surface area contributed by atoms with Crippen LogP contribution in [0.1, 0.15) is 5.56 Å². The molecule has 0 atom stereocenters. The molecule has 14 heavy (non-hydrogen) atoms. The predicted octanol–water partition coefficient (Wildman–Crippen LogP) is 1.50. The zero-order chi connectivity index (χ0) is 9.97. The quantitative estimate of drug-likeness (QED) is 0.783. The molecule has 1 N–H and O–H groups in total. The van der Waals surface area contributed by atoms with Crippen LogP contribution in [0.25, 0.3) is 5.69 Å². The number of benzene rings is 1. The predicted molar refractivity (Wildman–Crippen MR) is 49.4 cm³/mol. The van der Waals surface area contributed by atoms with Crippen LogP contribution in [-0.2, 0) is 6.61 Å². The Morgan fingerprint density at radius 2 is 2.29 bits per heavy atom. The maximum Gasteiger partial charge on any atom is 0.125 e. The Labute approximate surface area is 80.4 Å². The standard InChI is InChI=1S/C10H9FN2O/c11-9-2-1-3-10(4-9)13-6-8(7-14)5-12-13/h1-6,14H,7H2. The number of aromatic nitrogens is 2. The van der Waals surface area contributed by atoms with Crippen LogP contribution in [0.15, 0.2) is 36.7 Å². The van der Waals surface area contributed by atoms with Gasteiger partial charge < -0.3 is 5.11 Å². The van der Waals surface area contributed by atoms with E-state index in [1.807, 2.05) is 0 Å².